The minimum atomic E-state index is 0. The highest BCUT2D eigenvalue weighted by atomic mass is 127. The van der Waals surface area contributed by atoms with Crippen molar-refractivity contribution in [2.45, 2.75) is 32.2 Å². The van der Waals surface area contributed by atoms with Gasteiger partial charge >= 0.3 is 0 Å². The van der Waals surface area contributed by atoms with Gasteiger partial charge < -0.3 is 10.2 Å². The Hall–Kier alpha value is 0.180. The van der Waals surface area contributed by atoms with Crippen molar-refractivity contribution in [1.82, 2.24) is 10.2 Å². The van der Waals surface area contributed by atoms with E-state index in [-0.39, 0.29) is 24.0 Å². The Morgan fingerprint density at radius 1 is 1.45 bits per heavy atom. The molecule has 0 atom stereocenters. The van der Waals surface area contributed by atoms with Crippen molar-refractivity contribution < 1.29 is 0 Å². The zero-order valence-electron chi connectivity index (χ0n) is 11.7. The number of halogens is 2. The van der Waals surface area contributed by atoms with Gasteiger partial charge in [0, 0.05) is 25.0 Å². The topological polar surface area (TPSA) is 27.6 Å². The smallest absolute Gasteiger partial charge is 0.193 e. The summed E-state index contributed by atoms with van der Waals surface area (Å²) in [7, 11) is 1.89. The van der Waals surface area contributed by atoms with E-state index in [0.29, 0.717) is 5.41 Å². The predicted octanol–water partition coefficient (Wildman–Crippen LogP) is 4.08. The standard InChI is InChI=1S/C14H20BrN3S.HI/c1-16-13(17-9-11-3-4-12(15)19-11)18-8-7-14(10-18)5-2-6-14;/h3-4H,2,5-10H2,1H3,(H,16,17);1H. The predicted molar refractivity (Wildman–Crippen MR) is 100 cm³/mol. The second kappa shape index (κ2) is 6.96. The van der Waals surface area contributed by atoms with Gasteiger partial charge in [-0.05, 0) is 52.7 Å². The maximum absolute atomic E-state index is 4.44. The number of hydrogen-bond donors (Lipinski definition) is 1. The van der Waals surface area contributed by atoms with Crippen LogP contribution in [0.3, 0.4) is 0 Å². The summed E-state index contributed by atoms with van der Waals surface area (Å²) in [4.78, 5) is 8.21. The molecule has 112 valence electrons. The van der Waals surface area contributed by atoms with E-state index in [9.17, 15) is 0 Å². The molecule has 0 bridgehead atoms. The van der Waals surface area contributed by atoms with E-state index in [2.05, 4.69) is 43.3 Å². The molecule has 1 aliphatic heterocycles. The molecule has 0 aromatic carbocycles. The minimum Gasteiger partial charge on any atom is -0.351 e. The molecule has 3 nitrogen and oxygen atoms in total. The molecule has 2 fully saturated rings. The van der Waals surface area contributed by atoms with Crippen LogP contribution in [0.2, 0.25) is 0 Å². The van der Waals surface area contributed by atoms with Gasteiger partial charge in [0.25, 0.3) is 0 Å². The first-order valence-corrected chi connectivity index (χ1v) is 8.52. The van der Waals surface area contributed by atoms with Crippen molar-refractivity contribution in [1.29, 1.82) is 0 Å². The van der Waals surface area contributed by atoms with Crippen molar-refractivity contribution in [2.24, 2.45) is 10.4 Å². The molecule has 6 heteroatoms. The van der Waals surface area contributed by atoms with Crippen molar-refractivity contribution >= 4 is 57.2 Å². The van der Waals surface area contributed by atoms with Crippen molar-refractivity contribution in [2.75, 3.05) is 20.1 Å². The number of thiophene rings is 1. The van der Waals surface area contributed by atoms with Gasteiger partial charge in [-0.1, -0.05) is 6.42 Å². The van der Waals surface area contributed by atoms with Crippen LogP contribution in [-0.4, -0.2) is 31.0 Å². The molecule has 1 aromatic heterocycles. The summed E-state index contributed by atoms with van der Waals surface area (Å²) in [6.07, 6.45) is 5.60. The molecule has 1 saturated heterocycles. The number of guanidine groups is 1. The van der Waals surface area contributed by atoms with Gasteiger partial charge in [-0.25, -0.2) is 0 Å². The molecular weight excluding hydrogens is 449 g/mol. The maximum atomic E-state index is 4.44. The van der Waals surface area contributed by atoms with Crippen LogP contribution in [0.1, 0.15) is 30.6 Å². The fourth-order valence-electron chi connectivity index (χ4n) is 3.15. The van der Waals surface area contributed by atoms with Crippen molar-refractivity contribution in [3.05, 3.63) is 20.8 Å². The third kappa shape index (κ3) is 3.50. The van der Waals surface area contributed by atoms with Crippen LogP contribution in [-0.2, 0) is 6.54 Å². The molecule has 1 aromatic rings. The Bertz CT molecular complexity index is 485. The summed E-state index contributed by atoms with van der Waals surface area (Å²) < 4.78 is 1.19. The Labute approximate surface area is 150 Å². The largest absolute Gasteiger partial charge is 0.351 e. The molecule has 0 radical (unpaired) electrons. The Morgan fingerprint density at radius 2 is 2.25 bits per heavy atom. The van der Waals surface area contributed by atoms with Gasteiger partial charge in [0.15, 0.2) is 5.96 Å². The average Bonchev–Trinajstić information content (AvgIpc) is 2.96. The number of nitrogens with one attached hydrogen (secondary N) is 1. The third-order valence-corrected chi connectivity index (χ3v) is 6.04. The summed E-state index contributed by atoms with van der Waals surface area (Å²) in [5, 5.41) is 3.49. The Kier molecular flexibility index (Phi) is 5.76. The number of aliphatic imine (C=N–C) groups is 1. The van der Waals surface area contributed by atoms with E-state index in [1.807, 2.05) is 7.05 Å². The first-order chi connectivity index (χ1) is 9.21. The third-order valence-electron chi connectivity index (χ3n) is 4.41. The molecule has 2 aliphatic rings. The molecule has 2 heterocycles. The lowest BCUT2D eigenvalue weighted by Crippen LogP contribution is -2.42. The molecule has 1 spiro atoms. The average molecular weight is 470 g/mol. The molecule has 1 saturated carbocycles. The highest BCUT2D eigenvalue weighted by Gasteiger charge is 2.43. The lowest BCUT2D eigenvalue weighted by Gasteiger charge is -2.38. The van der Waals surface area contributed by atoms with Gasteiger partial charge in [-0.2, -0.15) is 0 Å². The van der Waals surface area contributed by atoms with E-state index in [1.54, 1.807) is 11.3 Å². The number of nitrogens with zero attached hydrogens (tertiary/aromatic N) is 2. The van der Waals surface area contributed by atoms with E-state index in [1.165, 1.54) is 40.9 Å². The van der Waals surface area contributed by atoms with Gasteiger partial charge in [0.2, 0.25) is 0 Å². The first-order valence-electron chi connectivity index (χ1n) is 6.91. The first kappa shape index (κ1) is 16.5. The summed E-state index contributed by atoms with van der Waals surface area (Å²) in [6.45, 7) is 3.22. The summed E-state index contributed by atoms with van der Waals surface area (Å²) in [6, 6.07) is 4.26. The second-order valence-corrected chi connectivity index (χ2v) is 8.18. The SMILES string of the molecule is CN=C(NCc1ccc(Br)s1)N1CCC2(CCC2)C1.I. The van der Waals surface area contributed by atoms with Crippen LogP contribution < -0.4 is 5.32 Å². The molecule has 1 aliphatic carbocycles. The van der Waals surface area contributed by atoms with Crippen LogP contribution in [0.25, 0.3) is 0 Å². The van der Waals surface area contributed by atoms with Crippen LogP contribution in [0.4, 0.5) is 0 Å². The number of likely N-dealkylation sites (tertiary alicyclic amines) is 1. The van der Waals surface area contributed by atoms with Gasteiger partial charge in [-0.3, -0.25) is 4.99 Å². The summed E-state index contributed by atoms with van der Waals surface area (Å²) >= 11 is 5.28. The van der Waals surface area contributed by atoms with Crippen LogP contribution in [0, 0.1) is 5.41 Å². The Balaban J connectivity index is 0.00000147. The Morgan fingerprint density at radius 3 is 2.75 bits per heavy atom. The number of rotatable bonds is 2. The van der Waals surface area contributed by atoms with Crippen LogP contribution in [0.15, 0.2) is 20.9 Å². The van der Waals surface area contributed by atoms with Gasteiger partial charge in [-0.15, -0.1) is 35.3 Å². The molecular formula is C14H21BrIN3S. The van der Waals surface area contributed by atoms with Crippen molar-refractivity contribution in [3.8, 4) is 0 Å². The lowest BCUT2D eigenvalue weighted by atomic mass is 9.68. The zero-order chi connectivity index (χ0) is 13.3. The summed E-state index contributed by atoms with van der Waals surface area (Å²) in [5.74, 6) is 1.06. The van der Waals surface area contributed by atoms with E-state index in [4.69, 9.17) is 0 Å². The van der Waals surface area contributed by atoms with E-state index in [0.717, 1.165) is 19.0 Å². The second-order valence-electron chi connectivity index (χ2n) is 5.63. The molecule has 20 heavy (non-hydrogen) atoms. The molecule has 0 amide bonds. The zero-order valence-corrected chi connectivity index (χ0v) is 16.4. The van der Waals surface area contributed by atoms with Gasteiger partial charge in [0.05, 0.1) is 10.3 Å². The normalized spacial score (nSPS) is 20.7. The molecule has 1 N–H and O–H groups in total. The lowest BCUT2D eigenvalue weighted by molar-refractivity contribution is 0.151. The molecule has 3 rings (SSSR count). The minimum absolute atomic E-state index is 0. The summed E-state index contributed by atoms with van der Waals surface area (Å²) in [5.41, 5.74) is 0.629. The quantitative estimate of drug-likeness (QED) is 0.401. The van der Waals surface area contributed by atoms with Gasteiger partial charge in [0.1, 0.15) is 0 Å². The fourth-order valence-corrected chi connectivity index (χ4v) is 4.57. The van der Waals surface area contributed by atoms with E-state index >= 15 is 0 Å². The highest BCUT2D eigenvalue weighted by molar-refractivity contribution is 14.0. The fraction of sp³-hybridized carbons (Fsp3) is 0.643. The molecule has 0 unspecified atom stereocenters. The number of hydrogen-bond acceptors (Lipinski definition) is 2. The maximum Gasteiger partial charge on any atom is 0.193 e. The van der Waals surface area contributed by atoms with Crippen LogP contribution >= 0.6 is 51.2 Å². The van der Waals surface area contributed by atoms with Crippen LogP contribution in [0.5, 0.6) is 0 Å². The van der Waals surface area contributed by atoms with Crippen molar-refractivity contribution in [3.63, 3.8) is 0 Å². The monoisotopic (exact) mass is 469 g/mol. The highest BCUT2D eigenvalue weighted by Crippen LogP contribution is 2.47. The van der Waals surface area contributed by atoms with E-state index < -0.39 is 0 Å².